The van der Waals surface area contributed by atoms with Crippen molar-refractivity contribution in [3.8, 4) is 5.75 Å². The normalized spacial score (nSPS) is 16.6. The fraction of sp³-hybridized carbons (Fsp3) is 0.190. The van der Waals surface area contributed by atoms with E-state index in [0.29, 0.717) is 17.7 Å². The van der Waals surface area contributed by atoms with Gasteiger partial charge in [0, 0.05) is 16.5 Å². The summed E-state index contributed by atoms with van der Waals surface area (Å²) in [6.45, 7) is 4.11. The molecule has 0 saturated heterocycles. The third-order valence-electron chi connectivity index (χ3n) is 5.03. The highest BCUT2D eigenvalue weighted by molar-refractivity contribution is 6.06. The van der Waals surface area contributed by atoms with Gasteiger partial charge in [0.15, 0.2) is 5.76 Å². The number of fused-ring (bicyclic) bond motifs is 4. The number of rotatable bonds is 2. The predicted molar refractivity (Wildman–Crippen MR) is 97.3 cm³/mol. The first-order valence-electron chi connectivity index (χ1n) is 8.67. The van der Waals surface area contributed by atoms with Gasteiger partial charge < -0.3 is 13.6 Å². The first kappa shape index (κ1) is 15.2. The number of aryl methyl sites for hydroxylation is 1. The molecule has 1 N–H and O–H groups in total. The third kappa shape index (κ3) is 2.32. The Morgan fingerprint density at radius 3 is 2.73 bits per heavy atom. The van der Waals surface area contributed by atoms with Crippen LogP contribution in [0.5, 0.6) is 5.75 Å². The van der Waals surface area contributed by atoms with Crippen LogP contribution in [0.2, 0.25) is 0 Å². The molecular weight excluding hydrogens is 330 g/mol. The first-order chi connectivity index (χ1) is 12.7. The van der Waals surface area contributed by atoms with Crippen LogP contribution in [0.4, 0.5) is 0 Å². The van der Waals surface area contributed by atoms with Crippen molar-refractivity contribution in [2.45, 2.75) is 20.0 Å². The lowest BCUT2D eigenvalue weighted by molar-refractivity contribution is -0.946. The number of quaternary nitrogens is 1. The van der Waals surface area contributed by atoms with E-state index < -0.39 is 0 Å². The summed E-state index contributed by atoms with van der Waals surface area (Å²) < 4.78 is 17.1. The number of hydrogen-bond acceptors (Lipinski definition) is 4. The van der Waals surface area contributed by atoms with Gasteiger partial charge in [0.1, 0.15) is 24.4 Å². The molecule has 4 aromatic rings. The zero-order valence-electron chi connectivity index (χ0n) is 14.4. The van der Waals surface area contributed by atoms with Gasteiger partial charge in [-0.05, 0) is 36.6 Å². The number of benzene rings is 2. The van der Waals surface area contributed by atoms with Gasteiger partial charge in [-0.3, -0.25) is 4.90 Å². The minimum absolute atomic E-state index is 0.308. The fourth-order valence-electron chi connectivity index (χ4n) is 3.83. The van der Waals surface area contributed by atoms with Crippen LogP contribution in [0.1, 0.15) is 16.9 Å². The van der Waals surface area contributed by atoms with Crippen LogP contribution in [0.15, 0.2) is 62.4 Å². The summed E-state index contributed by atoms with van der Waals surface area (Å²) in [5.74, 6) is 1.78. The Morgan fingerprint density at radius 2 is 1.92 bits per heavy atom. The van der Waals surface area contributed by atoms with Gasteiger partial charge in [-0.2, -0.15) is 0 Å². The second-order valence-electron chi connectivity index (χ2n) is 6.77. The average molecular weight is 348 g/mol. The van der Waals surface area contributed by atoms with Crippen LogP contribution in [-0.2, 0) is 13.1 Å². The highest BCUT2D eigenvalue weighted by Crippen LogP contribution is 2.34. The summed E-state index contributed by atoms with van der Waals surface area (Å²) in [5.41, 5.74) is 2.32. The zero-order chi connectivity index (χ0) is 17.7. The van der Waals surface area contributed by atoms with Crippen LogP contribution < -0.4 is 15.3 Å². The zero-order valence-corrected chi connectivity index (χ0v) is 14.4. The van der Waals surface area contributed by atoms with Crippen molar-refractivity contribution < 1.29 is 18.5 Å². The topological polar surface area (TPSA) is 57.0 Å². The van der Waals surface area contributed by atoms with Gasteiger partial charge in [0.05, 0.1) is 11.6 Å². The van der Waals surface area contributed by atoms with Crippen molar-refractivity contribution in [2.75, 3.05) is 6.73 Å². The Labute approximate surface area is 149 Å². The quantitative estimate of drug-likeness (QED) is 0.447. The number of hydrogen-bond donors (Lipinski definition) is 1. The molecule has 0 spiro atoms. The minimum Gasteiger partial charge on any atom is -0.463 e. The summed E-state index contributed by atoms with van der Waals surface area (Å²) >= 11 is 0. The minimum atomic E-state index is -0.308. The molecule has 5 rings (SSSR count). The van der Waals surface area contributed by atoms with Gasteiger partial charge in [-0.1, -0.05) is 18.2 Å². The fourth-order valence-corrected chi connectivity index (χ4v) is 3.83. The predicted octanol–water partition coefficient (Wildman–Crippen LogP) is 2.78. The molecule has 0 fully saturated rings. The highest BCUT2D eigenvalue weighted by Gasteiger charge is 2.26. The van der Waals surface area contributed by atoms with Crippen molar-refractivity contribution in [3.63, 3.8) is 0 Å². The van der Waals surface area contributed by atoms with E-state index in [0.717, 1.165) is 46.5 Å². The lowest BCUT2D eigenvalue weighted by atomic mass is 10.00. The Kier molecular flexibility index (Phi) is 3.36. The standard InChI is InChI=1S/C21H17NO4/c1-13-19-14(10-22(12-25-19)11-15-5-4-8-24-15)9-18-16-6-2-3-7-17(16)21(23)26-20(13)18/h2-9H,10-12H2,1H3/p+1. The molecule has 130 valence electrons. The van der Waals surface area contributed by atoms with Crippen LogP contribution in [0, 0.1) is 6.92 Å². The molecule has 1 aliphatic rings. The molecule has 0 bridgehead atoms. The van der Waals surface area contributed by atoms with Crippen LogP contribution in [-0.4, -0.2) is 6.73 Å². The summed E-state index contributed by atoms with van der Waals surface area (Å²) in [6.07, 6.45) is 1.69. The molecule has 1 aliphatic heterocycles. The maximum absolute atomic E-state index is 12.3. The maximum Gasteiger partial charge on any atom is 0.344 e. The summed E-state index contributed by atoms with van der Waals surface area (Å²) in [6, 6.07) is 13.6. The van der Waals surface area contributed by atoms with Crippen LogP contribution in [0.3, 0.4) is 0 Å². The van der Waals surface area contributed by atoms with Crippen molar-refractivity contribution in [1.82, 2.24) is 0 Å². The molecule has 1 atom stereocenters. The van der Waals surface area contributed by atoms with Gasteiger partial charge in [0.2, 0.25) is 6.73 Å². The molecule has 0 saturated carbocycles. The smallest absolute Gasteiger partial charge is 0.344 e. The SMILES string of the molecule is Cc1c2c(cc3c1oc(=O)c1ccccc13)C[NH+](Cc1ccco1)CO2. The van der Waals surface area contributed by atoms with Gasteiger partial charge >= 0.3 is 5.63 Å². The molecule has 2 aromatic carbocycles. The number of furan rings is 1. The Morgan fingerprint density at radius 1 is 1.08 bits per heavy atom. The lowest BCUT2D eigenvalue weighted by Crippen LogP contribution is -3.10. The second-order valence-corrected chi connectivity index (χ2v) is 6.77. The lowest BCUT2D eigenvalue weighted by Gasteiger charge is -2.27. The summed E-state index contributed by atoms with van der Waals surface area (Å²) in [7, 11) is 0. The molecule has 5 nitrogen and oxygen atoms in total. The maximum atomic E-state index is 12.3. The molecule has 5 heteroatoms. The third-order valence-corrected chi connectivity index (χ3v) is 5.03. The van der Waals surface area contributed by atoms with E-state index in [9.17, 15) is 4.79 Å². The van der Waals surface area contributed by atoms with E-state index >= 15 is 0 Å². The monoisotopic (exact) mass is 348 g/mol. The molecule has 0 aliphatic carbocycles. The second kappa shape index (κ2) is 5.75. The molecule has 26 heavy (non-hydrogen) atoms. The Hall–Kier alpha value is -3.05. The van der Waals surface area contributed by atoms with Gasteiger partial charge in [0.25, 0.3) is 0 Å². The highest BCUT2D eigenvalue weighted by atomic mass is 16.5. The van der Waals surface area contributed by atoms with Crippen LogP contribution in [0.25, 0.3) is 21.7 Å². The molecule has 2 aromatic heterocycles. The van der Waals surface area contributed by atoms with Crippen LogP contribution >= 0.6 is 0 Å². The van der Waals surface area contributed by atoms with Gasteiger partial charge in [-0.15, -0.1) is 0 Å². The van der Waals surface area contributed by atoms with E-state index in [1.807, 2.05) is 37.3 Å². The van der Waals surface area contributed by atoms with Crippen molar-refractivity contribution in [3.05, 3.63) is 76.0 Å². The molecule has 0 radical (unpaired) electrons. The van der Waals surface area contributed by atoms with E-state index in [4.69, 9.17) is 13.6 Å². The first-order valence-corrected chi connectivity index (χ1v) is 8.67. The van der Waals surface area contributed by atoms with Crippen molar-refractivity contribution in [2.24, 2.45) is 0 Å². The number of ether oxygens (including phenoxy) is 1. The largest absolute Gasteiger partial charge is 0.463 e. The Balaban J connectivity index is 1.65. The number of nitrogens with one attached hydrogen (secondary N) is 1. The molecular formula is C21H18NO4+. The Bertz CT molecular complexity index is 1170. The van der Waals surface area contributed by atoms with Crippen molar-refractivity contribution in [1.29, 1.82) is 0 Å². The van der Waals surface area contributed by atoms with Gasteiger partial charge in [-0.25, -0.2) is 4.79 Å². The summed E-state index contributed by atoms with van der Waals surface area (Å²) in [4.78, 5) is 13.6. The molecule has 1 unspecified atom stereocenters. The van der Waals surface area contributed by atoms with E-state index in [2.05, 4.69) is 6.07 Å². The molecule has 0 amide bonds. The molecule has 3 heterocycles. The van der Waals surface area contributed by atoms with Crippen molar-refractivity contribution >= 4 is 21.7 Å². The van der Waals surface area contributed by atoms with E-state index in [1.54, 1.807) is 12.3 Å². The summed E-state index contributed by atoms with van der Waals surface area (Å²) in [5, 5.41) is 2.48. The average Bonchev–Trinajstić information content (AvgIpc) is 3.16. The van der Waals surface area contributed by atoms with E-state index in [-0.39, 0.29) is 5.63 Å². The van der Waals surface area contributed by atoms with E-state index in [1.165, 1.54) is 4.90 Å².